The van der Waals surface area contributed by atoms with E-state index in [1.54, 1.807) is 26.1 Å². The summed E-state index contributed by atoms with van der Waals surface area (Å²) in [6.07, 6.45) is -0.254. The summed E-state index contributed by atoms with van der Waals surface area (Å²) in [6.45, 7) is 1.67. The quantitative estimate of drug-likeness (QED) is 0.648. The fraction of sp³-hybridized carbons (Fsp3) is 0.364. The lowest BCUT2D eigenvalue weighted by Gasteiger charge is -1.94. The van der Waals surface area contributed by atoms with Gasteiger partial charge >= 0.3 is 5.97 Å². The first-order chi connectivity index (χ1) is 7.06. The van der Waals surface area contributed by atoms with Crippen molar-refractivity contribution < 1.29 is 15.0 Å². The Morgan fingerprint density at radius 1 is 1.40 bits per heavy atom. The standard InChI is InChI=1S/C8H8O2.C3H9NO/c9-8(10)6-7-4-2-1-3-5-7;1-3(5)4-2/h1-5H,6H2,(H,9,10);3-5H,1-2H3. The number of rotatable bonds is 3. The average Bonchev–Trinajstić information content (AvgIpc) is 2.19. The van der Waals surface area contributed by atoms with Gasteiger partial charge in [-0.1, -0.05) is 30.3 Å². The molecular formula is C11H17NO3. The number of nitrogens with one attached hydrogen (secondary N) is 1. The molecule has 0 saturated heterocycles. The zero-order valence-electron chi connectivity index (χ0n) is 8.97. The van der Waals surface area contributed by atoms with Crippen LogP contribution < -0.4 is 5.32 Å². The zero-order valence-corrected chi connectivity index (χ0v) is 8.97. The van der Waals surface area contributed by atoms with E-state index in [1.807, 2.05) is 18.2 Å². The minimum Gasteiger partial charge on any atom is -0.481 e. The molecule has 0 amide bonds. The average molecular weight is 211 g/mol. The summed E-state index contributed by atoms with van der Waals surface area (Å²) in [5.41, 5.74) is 0.843. The molecule has 4 nitrogen and oxygen atoms in total. The van der Waals surface area contributed by atoms with Crippen molar-refractivity contribution in [1.82, 2.24) is 5.32 Å². The van der Waals surface area contributed by atoms with E-state index in [0.717, 1.165) is 5.56 Å². The number of carboxylic acids is 1. The molecule has 0 fully saturated rings. The van der Waals surface area contributed by atoms with E-state index < -0.39 is 5.97 Å². The highest BCUT2D eigenvalue weighted by Gasteiger charge is 1.96. The molecule has 4 heteroatoms. The summed E-state index contributed by atoms with van der Waals surface area (Å²) in [6, 6.07) is 9.13. The van der Waals surface area contributed by atoms with Crippen LogP contribution in [-0.4, -0.2) is 29.5 Å². The number of hydrogen-bond donors (Lipinski definition) is 3. The number of aliphatic hydroxyl groups excluding tert-OH is 1. The van der Waals surface area contributed by atoms with Gasteiger partial charge in [-0.2, -0.15) is 0 Å². The molecule has 0 aromatic heterocycles. The van der Waals surface area contributed by atoms with Crippen LogP contribution in [0.2, 0.25) is 0 Å². The van der Waals surface area contributed by atoms with Crippen LogP contribution in [0, 0.1) is 0 Å². The summed E-state index contributed by atoms with van der Waals surface area (Å²) < 4.78 is 0. The molecule has 1 rings (SSSR count). The van der Waals surface area contributed by atoms with Crippen molar-refractivity contribution in [3.8, 4) is 0 Å². The Balaban J connectivity index is 0.000000336. The highest BCUT2D eigenvalue weighted by atomic mass is 16.4. The van der Waals surface area contributed by atoms with Gasteiger partial charge in [-0.05, 0) is 19.5 Å². The molecule has 0 aliphatic rings. The number of carbonyl (C=O) groups is 1. The maximum absolute atomic E-state index is 10.2. The Morgan fingerprint density at radius 3 is 2.20 bits per heavy atom. The zero-order chi connectivity index (χ0) is 11.7. The van der Waals surface area contributed by atoms with E-state index in [2.05, 4.69) is 5.32 Å². The van der Waals surface area contributed by atoms with Crippen LogP contribution >= 0.6 is 0 Å². The maximum atomic E-state index is 10.2. The van der Waals surface area contributed by atoms with E-state index >= 15 is 0 Å². The van der Waals surface area contributed by atoms with Gasteiger partial charge in [0.1, 0.15) is 6.23 Å². The van der Waals surface area contributed by atoms with Crippen LogP contribution in [0.3, 0.4) is 0 Å². The molecular weight excluding hydrogens is 194 g/mol. The number of aliphatic hydroxyl groups is 1. The second-order valence-electron chi connectivity index (χ2n) is 3.02. The number of carboxylic acid groups (broad SMARTS) is 1. The van der Waals surface area contributed by atoms with Crippen LogP contribution in [0.25, 0.3) is 0 Å². The van der Waals surface area contributed by atoms with Gasteiger partial charge in [-0.3, -0.25) is 10.1 Å². The predicted octanol–water partition coefficient (Wildman–Crippen LogP) is 0.858. The van der Waals surface area contributed by atoms with Crippen LogP contribution in [0.1, 0.15) is 12.5 Å². The lowest BCUT2D eigenvalue weighted by atomic mass is 10.2. The molecule has 1 aromatic carbocycles. The van der Waals surface area contributed by atoms with E-state index in [1.165, 1.54) is 0 Å². The Labute approximate surface area is 89.6 Å². The van der Waals surface area contributed by atoms with Crippen molar-refractivity contribution in [2.45, 2.75) is 19.6 Å². The van der Waals surface area contributed by atoms with Crippen LogP contribution in [0.15, 0.2) is 30.3 Å². The highest BCUT2D eigenvalue weighted by molar-refractivity contribution is 5.70. The molecule has 1 aromatic rings. The lowest BCUT2D eigenvalue weighted by Crippen LogP contribution is -2.19. The molecule has 0 heterocycles. The minimum atomic E-state index is -0.786. The molecule has 1 atom stereocenters. The first kappa shape index (κ1) is 13.6. The van der Waals surface area contributed by atoms with Crippen molar-refractivity contribution in [3.05, 3.63) is 35.9 Å². The first-order valence-corrected chi connectivity index (χ1v) is 4.67. The summed E-state index contributed by atoms with van der Waals surface area (Å²) in [5, 5.41) is 19.2. The Hall–Kier alpha value is -1.39. The fourth-order valence-electron chi connectivity index (χ4n) is 0.770. The van der Waals surface area contributed by atoms with E-state index in [-0.39, 0.29) is 12.6 Å². The third-order valence-corrected chi connectivity index (χ3v) is 1.62. The van der Waals surface area contributed by atoms with Crippen molar-refractivity contribution >= 4 is 5.97 Å². The van der Waals surface area contributed by atoms with Crippen LogP contribution in [0.4, 0.5) is 0 Å². The third kappa shape index (κ3) is 8.93. The maximum Gasteiger partial charge on any atom is 0.307 e. The topological polar surface area (TPSA) is 69.6 Å². The van der Waals surface area contributed by atoms with Gasteiger partial charge in [0.05, 0.1) is 6.42 Å². The molecule has 0 radical (unpaired) electrons. The van der Waals surface area contributed by atoms with Crippen molar-refractivity contribution in [1.29, 1.82) is 0 Å². The van der Waals surface area contributed by atoms with Gasteiger partial charge in [0.15, 0.2) is 0 Å². The Morgan fingerprint density at radius 2 is 1.87 bits per heavy atom. The molecule has 84 valence electrons. The van der Waals surface area contributed by atoms with Crippen molar-refractivity contribution in [2.75, 3.05) is 7.05 Å². The van der Waals surface area contributed by atoms with Crippen molar-refractivity contribution in [2.24, 2.45) is 0 Å². The first-order valence-electron chi connectivity index (χ1n) is 4.67. The van der Waals surface area contributed by atoms with Gasteiger partial charge in [-0.25, -0.2) is 0 Å². The number of hydrogen-bond acceptors (Lipinski definition) is 3. The summed E-state index contributed by atoms with van der Waals surface area (Å²) in [4.78, 5) is 10.2. The molecule has 0 bridgehead atoms. The number of aliphatic carboxylic acids is 1. The van der Waals surface area contributed by atoms with Crippen LogP contribution in [-0.2, 0) is 11.2 Å². The van der Waals surface area contributed by atoms with E-state index in [0.29, 0.717) is 0 Å². The second-order valence-corrected chi connectivity index (χ2v) is 3.02. The van der Waals surface area contributed by atoms with Crippen LogP contribution in [0.5, 0.6) is 0 Å². The van der Waals surface area contributed by atoms with E-state index in [9.17, 15) is 4.79 Å². The fourth-order valence-corrected chi connectivity index (χ4v) is 0.770. The van der Waals surface area contributed by atoms with Gasteiger partial charge in [-0.15, -0.1) is 0 Å². The molecule has 0 aliphatic heterocycles. The Bertz CT molecular complexity index is 272. The van der Waals surface area contributed by atoms with Gasteiger partial charge in [0.2, 0.25) is 0 Å². The molecule has 1 unspecified atom stereocenters. The van der Waals surface area contributed by atoms with Crippen molar-refractivity contribution in [3.63, 3.8) is 0 Å². The smallest absolute Gasteiger partial charge is 0.307 e. The summed E-state index contributed by atoms with van der Waals surface area (Å²) >= 11 is 0. The molecule has 0 saturated carbocycles. The highest BCUT2D eigenvalue weighted by Crippen LogP contribution is 1.98. The second kappa shape index (κ2) is 7.96. The Kier molecular flexibility index (Phi) is 7.23. The predicted molar refractivity (Wildman–Crippen MR) is 58.5 cm³/mol. The SMILES string of the molecule is CNC(C)O.O=C(O)Cc1ccccc1. The molecule has 15 heavy (non-hydrogen) atoms. The molecule has 3 N–H and O–H groups in total. The molecule has 0 aliphatic carbocycles. The monoisotopic (exact) mass is 211 g/mol. The lowest BCUT2D eigenvalue weighted by molar-refractivity contribution is -0.136. The normalized spacial score (nSPS) is 11.1. The minimum absolute atomic E-state index is 0.112. The molecule has 0 spiro atoms. The summed E-state index contributed by atoms with van der Waals surface area (Å²) in [7, 11) is 1.70. The van der Waals surface area contributed by atoms with E-state index in [4.69, 9.17) is 10.2 Å². The van der Waals surface area contributed by atoms with Gasteiger partial charge in [0, 0.05) is 0 Å². The van der Waals surface area contributed by atoms with Gasteiger partial charge < -0.3 is 10.2 Å². The number of benzene rings is 1. The van der Waals surface area contributed by atoms with Gasteiger partial charge in [0.25, 0.3) is 0 Å². The summed E-state index contributed by atoms with van der Waals surface area (Å²) in [5.74, 6) is -0.786. The third-order valence-electron chi connectivity index (χ3n) is 1.62. The largest absolute Gasteiger partial charge is 0.481 e.